The maximum absolute atomic E-state index is 13.3. The lowest BCUT2D eigenvalue weighted by molar-refractivity contribution is -0.138. The molecule has 8 heteroatoms. The summed E-state index contributed by atoms with van der Waals surface area (Å²) in [5.41, 5.74) is 10.3. The third kappa shape index (κ3) is 4.59. The van der Waals surface area contributed by atoms with Crippen LogP contribution in [-0.4, -0.2) is 17.8 Å². The molecule has 36 heavy (non-hydrogen) atoms. The van der Waals surface area contributed by atoms with Crippen LogP contribution in [0.2, 0.25) is 0 Å². The minimum absolute atomic E-state index is 0.000109. The maximum Gasteiger partial charge on any atom is 0.416 e. The van der Waals surface area contributed by atoms with E-state index in [1.165, 1.54) is 12.1 Å². The van der Waals surface area contributed by atoms with Crippen LogP contribution in [0.15, 0.2) is 66.7 Å². The van der Waals surface area contributed by atoms with E-state index in [4.69, 9.17) is 10.5 Å². The Kier molecular flexibility index (Phi) is 6.51. The fourth-order valence-electron chi connectivity index (χ4n) is 4.78. The Labute approximate surface area is 206 Å². The van der Waals surface area contributed by atoms with E-state index in [1.54, 1.807) is 12.1 Å². The SMILES string of the molecule is Nc1c(-c2ccc(NCc3ccccc3C(F)(F)F)cc2)n(C2CCC2)c2cc(OCCF)ccc12. The zero-order valence-corrected chi connectivity index (χ0v) is 19.6. The van der Waals surface area contributed by atoms with Crippen LogP contribution in [0.4, 0.5) is 28.9 Å². The Morgan fingerprint density at radius 1 is 1.00 bits per heavy atom. The highest BCUT2D eigenvalue weighted by Crippen LogP contribution is 2.45. The van der Waals surface area contributed by atoms with E-state index >= 15 is 0 Å². The molecular weight excluding hydrogens is 470 g/mol. The zero-order chi connectivity index (χ0) is 25.3. The Bertz CT molecular complexity index is 1360. The number of aromatic nitrogens is 1. The number of nitrogen functional groups attached to an aromatic ring is 1. The Hall–Kier alpha value is -3.68. The minimum atomic E-state index is -4.40. The molecule has 1 aliphatic carbocycles. The largest absolute Gasteiger partial charge is 0.491 e. The van der Waals surface area contributed by atoms with E-state index < -0.39 is 18.4 Å². The first-order valence-electron chi connectivity index (χ1n) is 12.0. The van der Waals surface area contributed by atoms with E-state index in [0.29, 0.717) is 23.2 Å². The average molecular weight is 498 g/mol. The molecule has 0 radical (unpaired) electrons. The van der Waals surface area contributed by atoms with Gasteiger partial charge in [0, 0.05) is 35.3 Å². The number of hydrogen-bond acceptors (Lipinski definition) is 3. The number of nitrogens with one attached hydrogen (secondary N) is 1. The standard InChI is InChI=1S/C28H27F4N3O/c29-14-15-36-22-12-13-23-25(16-22)35(21-5-3-6-21)27(26(23)33)18-8-10-20(11-9-18)34-17-19-4-1-2-7-24(19)28(30,31)32/h1-2,4,7-13,16,21,34H,3,5-6,14-15,17,33H2. The number of benzene rings is 3. The maximum atomic E-state index is 13.3. The second-order valence-corrected chi connectivity index (χ2v) is 9.02. The van der Waals surface area contributed by atoms with Gasteiger partial charge in [-0.15, -0.1) is 0 Å². The molecule has 0 aliphatic heterocycles. The Morgan fingerprint density at radius 3 is 2.42 bits per heavy atom. The molecule has 0 saturated heterocycles. The van der Waals surface area contributed by atoms with Crippen molar-refractivity contribution in [2.45, 2.75) is 38.0 Å². The number of nitrogens with two attached hydrogens (primary N) is 1. The van der Waals surface area contributed by atoms with Gasteiger partial charge < -0.3 is 20.4 Å². The van der Waals surface area contributed by atoms with Gasteiger partial charge in [0.15, 0.2) is 0 Å². The second-order valence-electron chi connectivity index (χ2n) is 9.02. The number of ether oxygens (including phenoxy) is 1. The molecule has 1 aromatic heterocycles. The predicted octanol–water partition coefficient (Wildman–Crippen LogP) is 7.59. The summed E-state index contributed by atoms with van der Waals surface area (Å²) in [7, 11) is 0. The summed E-state index contributed by atoms with van der Waals surface area (Å²) in [4.78, 5) is 0. The molecule has 0 spiro atoms. The summed E-state index contributed by atoms with van der Waals surface area (Å²) in [6, 6.07) is 19.1. The summed E-state index contributed by atoms with van der Waals surface area (Å²) in [6.45, 7) is -0.502. The quantitative estimate of drug-likeness (QED) is 0.247. The highest BCUT2D eigenvalue weighted by Gasteiger charge is 2.32. The van der Waals surface area contributed by atoms with Crippen LogP contribution in [0.1, 0.15) is 36.4 Å². The highest BCUT2D eigenvalue weighted by atomic mass is 19.4. The van der Waals surface area contributed by atoms with Gasteiger partial charge >= 0.3 is 6.18 Å². The normalized spacial score (nSPS) is 14.1. The smallest absolute Gasteiger partial charge is 0.416 e. The van der Waals surface area contributed by atoms with Crippen LogP contribution in [-0.2, 0) is 12.7 Å². The predicted molar refractivity (Wildman–Crippen MR) is 135 cm³/mol. The number of rotatable bonds is 8. The first-order chi connectivity index (χ1) is 17.4. The van der Waals surface area contributed by atoms with Crippen molar-refractivity contribution in [1.29, 1.82) is 0 Å². The lowest BCUT2D eigenvalue weighted by atomic mass is 9.92. The molecule has 3 aromatic carbocycles. The second kappa shape index (κ2) is 9.76. The van der Waals surface area contributed by atoms with Crippen molar-refractivity contribution in [2.75, 3.05) is 24.3 Å². The first kappa shape index (κ1) is 24.0. The van der Waals surface area contributed by atoms with Crippen LogP contribution in [0, 0.1) is 0 Å². The fraction of sp³-hybridized carbons (Fsp3) is 0.286. The van der Waals surface area contributed by atoms with Crippen molar-refractivity contribution in [3.63, 3.8) is 0 Å². The monoisotopic (exact) mass is 497 g/mol. The summed E-state index contributed by atoms with van der Waals surface area (Å²) in [5, 5.41) is 4.01. The number of anilines is 2. The van der Waals surface area contributed by atoms with Gasteiger partial charge in [-0.05, 0) is 55.2 Å². The Morgan fingerprint density at radius 2 is 1.75 bits per heavy atom. The topological polar surface area (TPSA) is 52.2 Å². The first-order valence-corrected chi connectivity index (χ1v) is 12.0. The molecular formula is C28H27F4N3O. The molecule has 0 bridgehead atoms. The lowest BCUT2D eigenvalue weighted by Crippen LogP contribution is -2.18. The molecule has 0 atom stereocenters. The van der Waals surface area contributed by atoms with E-state index in [2.05, 4.69) is 9.88 Å². The molecule has 5 rings (SSSR count). The van der Waals surface area contributed by atoms with E-state index in [-0.39, 0.29) is 18.7 Å². The summed E-state index contributed by atoms with van der Waals surface area (Å²) in [6.07, 6.45) is -1.16. The van der Waals surface area contributed by atoms with E-state index in [0.717, 1.165) is 47.5 Å². The van der Waals surface area contributed by atoms with Crippen LogP contribution >= 0.6 is 0 Å². The van der Waals surface area contributed by atoms with Gasteiger partial charge in [0.05, 0.1) is 22.5 Å². The lowest BCUT2D eigenvalue weighted by Gasteiger charge is -2.30. The summed E-state index contributed by atoms with van der Waals surface area (Å²) in [5.74, 6) is 0.600. The number of halogens is 4. The van der Waals surface area contributed by atoms with Gasteiger partial charge in [0.1, 0.15) is 19.0 Å². The highest BCUT2D eigenvalue weighted by molar-refractivity contribution is 6.01. The van der Waals surface area contributed by atoms with E-state index in [1.807, 2.05) is 36.4 Å². The van der Waals surface area contributed by atoms with Crippen LogP contribution < -0.4 is 15.8 Å². The van der Waals surface area contributed by atoms with Crippen LogP contribution in [0.25, 0.3) is 22.2 Å². The van der Waals surface area contributed by atoms with Gasteiger partial charge in [0.2, 0.25) is 0 Å². The van der Waals surface area contributed by atoms with Gasteiger partial charge in [-0.1, -0.05) is 30.3 Å². The molecule has 0 unspecified atom stereocenters. The number of alkyl halides is 4. The fourth-order valence-corrected chi connectivity index (χ4v) is 4.78. The molecule has 1 heterocycles. The third-order valence-electron chi connectivity index (χ3n) is 6.76. The molecule has 4 aromatic rings. The van der Waals surface area contributed by atoms with E-state index in [9.17, 15) is 17.6 Å². The van der Waals surface area contributed by atoms with Crippen molar-refractivity contribution in [3.8, 4) is 17.0 Å². The number of hydrogen-bond donors (Lipinski definition) is 2. The molecule has 188 valence electrons. The Balaban J connectivity index is 1.44. The van der Waals surface area contributed by atoms with Crippen molar-refractivity contribution >= 4 is 22.3 Å². The van der Waals surface area contributed by atoms with Crippen LogP contribution in [0.3, 0.4) is 0 Å². The van der Waals surface area contributed by atoms with Crippen LogP contribution in [0.5, 0.6) is 5.75 Å². The molecule has 1 fully saturated rings. The van der Waals surface area contributed by atoms with Crippen molar-refractivity contribution in [1.82, 2.24) is 4.57 Å². The molecule has 0 amide bonds. The van der Waals surface area contributed by atoms with Crippen molar-refractivity contribution in [3.05, 3.63) is 77.9 Å². The molecule has 3 N–H and O–H groups in total. The minimum Gasteiger partial charge on any atom is -0.491 e. The zero-order valence-electron chi connectivity index (χ0n) is 19.6. The van der Waals surface area contributed by atoms with Gasteiger partial charge in [0.25, 0.3) is 0 Å². The summed E-state index contributed by atoms with van der Waals surface area (Å²) < 4.78 is 60.2. The molecule has 1 saturated carbocycles. The number of nitrogens with zero attached hydrogens (tertiary/aromatic N) is 1. The molecule has 4 nitrogen and oxygen atoms in total. The third-order valence-corrected chi connectivity index (χ3v) is 6.76. The van der Waals surface area contributed by atoms with Gasteiger partial charge in [-0.3, -0.25) is 0 Å². The van der Waals surface area contributed by atoms with Gasteiger partial charge in [-0.2, -0.15) is 13.2 Å². The van der Waals surface area contributed by atoms with Crippen molar-refractivity contribution in [2.24, 2.45) is 0 Å². The molecule has 1 aliphatic rings. The number of fused-ring (bicyclic) bond motifs is 1. The van der Waals surface area contributed by atoms with Gasteiger partial charge in [-0.25, -0.2) is 4.39 Å². The van der Waals surface area contributed by atoms with Crippen molar-refractivity contribution < 1.29 is 22.3 Å². The average Bonchev–Trinajstić information content (AvgIpc) is 3.11. The summed E-state index contributed by atoms with van der Waals surface area (Å²) >= 11 is 0.